The SMILES string of the molecule is CC(C)(C)NC(=O)OC(C)(C)CCC(C)(C)OC(=O)NC(C)(C)C. The number of carbonyl (C=O) groups excluding carboxylic acids is 2. The second-order valence-corrected chi connectivity index (χ2v) is 9.55. The van der Waals surface area contributed by atoms with Crippen LogP contribution in [0, 0.1) is 0 Å². The van der Waals surface area contributed by atoms with Crippen LogP contribution in [-0.2, 0) is 9.47 Å². The summed E-state index contributed by atoms with van der Waals surface area (Å²) in [5.74, 6) is 0. The molecule has 2 N–H and O–H groups in total. The van der Waals surface area contributed by atoms with E-state index in [0.29, 0.717) is 12.8 Å². The molecule has 6 nitrogen and oxygen atoms in total. The summed E-state index contributed by atoms with van der Waals surface area (Å²) in [4.78, 5) is 23.8. The third-order valence-corrected chi connectivity index (χ3v) is 3.02. The van der Waals surface area contributed by atoms with Crippen molar-refractivity contribution in [2.45, 2.75) is 104 Å². The summed E-state index contributed by atoms with van der Waals surface area (Å²) in [5, 5.41) is 5.55. The molecule has 0 saturated carbocycles. The van der Waals surface area contributed by atoms with Gasteiger partial charge in [-0.1, -0.05) is 0 Å². The number of carbonyl (C=O) groups is 2. The van der Waals surface area contributed by atoms with Crippen molar-refractivity contribution in [2.75, 3.05) is 0 Å². The largest absolute Gasteiger partial charge is 0.444 e. The normalized spacial score (nSPS) is 13.2. The number of hydrogen-bond donors (Lipinski definition) is 2. The van der Waals surface area contributed by atoms with E-state index in [0.717, 1.165) is 0 Å². The van der Waals surface area contributed by atoms with Gasteiger partial charge in [0.2, 0.25) is 0 Å². The molecule has 24 heavy (non-hydrogen) atoms. The van der Waals surface area contributed by atoms with Gasteiger partial charge in [-0.2, -0.15) is 0 Å². The molecule has 0 heterocycles. The van der Waals surface area contributed by atoms with E-state index < -0.39 is 23.4 Å². The fraction of sp³-hybridized carbons (Fsp3) is 0.889. The Hall–Kier alpha value is -1.46. The van der Waals surface area contributed by atoms with E-state index in [9.17, 15) is 9.59 Å². The second-order valence-electron chi connectivity index (χ2n) is 9.55. The highest BCUT2D eigenvalue weighted by Gasteiger charge is 2.31. The number of hydrogen-bond acceptors (Lipinski definition) is 4. The van der Waals surface area contributed by atoms with Crippen LogP contribution in [0.5, 0.6) is 0 Å². The average Bonchev–Trinajstić information content (AvgIpc) is 2.19. The van der Waals surface area contributed by atoms with E-state index in [1.165, 1.54) is 0 Å². The Bertz CT molecular complexity index is 401. The van der Waals surface area contributed by atoms with Crippen molar-refractivity contribution in [3.05, 3.63) is 0 Å². The molecule has 0 saturated heterocycles. The molecule has 0 aliphatic carbocycles. The van der Waals surface area contributed by atoms with Gasteiger partial charge in [0.25, 0.3) is 0 Å². The fourth-order valence-corrected chi connectivity index (χ4v) is 1.87. The molecule has 0 aromatic carbocycles. The highest BCUT2D eigenvalue weighted by atomic mass is 16.6. The monoisotopic (exact) mass is 344 g/mol. The fourth-order valence-electron chi connectivity index (χ4n) is 1.87. The van der Waals surface area contributed by atoms with Gasteiger partial charge in [0.1, 0.15) is 11.2 Å². The molecular weight excluding hydrogens is 308 g/mol. The van der Waals surface area contributed by atoms with Crippen LogP contribution >= 0.6 is 0 Å². The highest BCUT2D eigenvalue weighted by Crippen LogP contribution is 2.25. The smallest absolute Gasteiger partial charge is 0.408 e. The van der Waals surface area contributed by atoms with Gasteiger partial charge in [-0.05, 0) is 82.1 Å². The lowest BCUT2D eigenvalue weighted by Crippen LogP contribution is -2.46. The van der Waals surface area contributed by atoms with Crippen molar-refractivity contribution in [1.82, 2.24) is 10.6 Å². The summed E-state index contributed by atoms with van der Waals surface area (Å²) in [5.41, 5.74) is -2.01. The van der Waals surface area contributed by atoms with Gasteiger partial charge in [0, 0.05) is 11.1 Å². The zero-order valence-corrected chi connectivity index (χ0v) is 17.0. The molecule has 0 bridgehead atoms. The van der Waals surface area contributed by atoms with Crippen LogP contribution in [0.15, 0.2) is 0 Å². The molecule has 0 fully saturated rings. The molecule has 0 aliphatic rings. The minimum atomic E-state index is -0.656. The van der Waals surface area contributed by atoms with Crippen molar-refractivity contribution in [1.29, 1.82) is 0 Å². The molecule has 0 rings (SSSR count). The van der Waals surface area contributed by atoms with E-state index in [2.05, 4.69) is 10.6 Å². The Labute approximate surface area is 147 Å². The van der Waals surface area contributed by atoms with Gasteiger partial charge in [-0.25, -0.2) is 9.59 Å². The molecule has 142 valence electrons. The molecular formula is C18H36N2O4. The van der Waals surface area contributed by atoms with E-state index in [1.54, 1.807) is 0 Å². The quantitative estimate of drug-likeness (QED) is 0.776. The van der Waals surface area contributed by atoms with Crippen molar-refractivity contribution in [3.8, 4) is 0 Å². The molecule has 0 aromatic rings. The minimum absolute atomic E-state index is 0.347. The Morgan fingerprint density at radius 3 is 1.08 bits per heavy atom. The third kappa shape index (κ3) is 12.0. The Kier molecular flexibility index (Phi) is 7.15. The van der Waals surface area contributed by atoms with Gasteiger partial charge in [-0.3, -0.25) is 0 Å². The third-order valence-electron chi connectivity index (χ3n) is 3.02. The van der Waals surface area contributed by atoms with Gasteiger partial charge >= 0.3 is 12.2 Å². The summed E-state index contributed by atoms with van der Waals surface area (Å²) < 4.78 is 11.0. The topological polar surface area (TPSA) is 76.7 Å². The molecule has 6 heteroatoms. The molecule has 0 aromatic heterocycles. The maximum atomic E-state index is 11.9. The summed E-state index contributed by atoms with van der Waals surface area (Å²) in [7, 11) is 0. The van der Waals surface area contributed by atoms with Crippen molar-refractivity contribution < 1.29 is 19.1 Å². The first kappa shape index (κ1) is 22.5. The van der Waals surface area contributed by atoms with E-state index >= 15 is 0 Å². The number of nitrogens with one attached hydrogen (secondary N) is 2. The minimum Gasteiger partial charge on any atom is -0.444 e. The lowest BCUT2D eigenvalue weighted by atomic mass is 9.94. The van der Waals surface area contributed by atoms with E-state index in [4.69, 9.17) is 9.47 Å². The summed E-state index contributed by atoms with van der Waals surface area (Å²) >= 11 is 0. The summed E-state index contributed by atoms with van der Waals surface area (Å²) in [6.07, 6.45) is 0.245. The zero-order valence-electron chi connectivity index (χ0n) is 17.0. The van der Waals surface area contributed by atoms with E-state index in [-0.39, 0.29) is 11.1 Å². The maximum absolute atomic E-state index is 11.9. The predicted molar refractivity (Wildman–Crippen MR) is 96.1 cm³/mol. The Balaban J connectivity index is 4.51. The van der Waals surface area contributed by atoms with Crippen LogP contribution in [0.3, 0.4) is 0 Å². The lowest BCUT2D eigenvalue weighted by Gasteiger charge is -2.33. The van der Waals surface area contributed by atoms with E-state index in [1.807, 2.05) is 69.2 Å². The average molecular weight is 344 g/mol. The van der Waals surface area contributed by atoms with Crippen molar-refractivity contribution >= 4 is 12.2 Å². The van der Waals surface area contributed by atoms with Crippen LogP contribution in [0.2, 0.25) is 0 Å². The first-order chi connectivity index (χ1) is 10.4. The molecule has 0 atom stereocenters. The summed E-state index contributed by atoms with van der Waals surface area (Å²) in [6.45, 7) is 18.8. The van der Waals surface area contributed by atoms with Crippen LogP contribution in [0.1, 0.15) is 82.1 Å². The first-order valence-electron chi connectivity index (χ1n) is 8.43. The summed E-state index contributed by atoms with van der Waals surface area (Å²) in [6, 6.07) is 0. The number of alkyl carbamates (subject to hydrolysis) is 2. The Morgan fingerprint density at radius 1 is 0.625 bits per heavy atom. The van der Waals surface area contributed by atoms with Crippen LogP contribution in [0.4, 0.5) is 9.59 Å². The van der Waals surface area contributed by atoms with Crippen LogP contribution < -0.4 is 10.6 Å². The molecule has 2 amide bonds. The standard InChI is InChI=1S/C18H36N2O4/c1-15(2,3)19-13(21)23-17(7,8)11-12-18(9,10)24-14(22)20-16(4,5)6/h11-12H2,1-10H3,(H,19,21)(H,20,22). The molecule has 0 radical (unpaired) electrons. The first-order valence-corrected chi connectivity index (χ1v) is 8.43. The zero-order chi connectivity index (χ0) is 19.4. The Morgan fingerprint density at radius 2 is 0.875 bits per heavy atom. The van der Waals surface area contributed by atoms with Gasteiger partial charge < -0.3 is 20.1 Å². The number of amides is 2. The predicted octanol–water partition coefficient (Wildman–Crippen LogP) is 4.37. The lowest BCUT2D eigenvalue weighted by molar-refractivity contribution is -0.0110. The number of ether oxygens (including phenoxy) is 2. The highest BCUT2D eigenvalue weighted by molar-refractivity contribution is 5.69. The van der Waals surface area contributed by atoms with Gasteiger partial charge in [-0.15, -0.1) is 0 Å². The van der Waals surface area contributed by atoms with Crippen molar-refractivity contribution in [2.24, 2.45) is 0 Å². The van der Waals surface area contributed by atoms with Crippen LogP contribution in [0.25, 0.3) is 0 Å². The van der Waals surface area contributed by atoms with Crippen LogP contribution in [-0.4, -0.2) is 34.5 Å². The van der Waals surface area contributed by atoms with Crippen molar-refractivity contribution in [3.63, 3.8) is 0 Å². The molecule has 0 spiro atoms. The van der Waals surface area contributed by atoms with Gasteiger partial charge in [0.05, 0.1) is 0 Å². The second kappa shape index (κ2) is 7.62. The maximum Gasteiger partial charge on any atom is 0.408 e. The molecule has 0 aliphatic heterocycles. The number of rotatable bonds is 5. The van der Waals surface area contributed by atoms with Gasteiger partial charge in [0.15, 0.2) is 0 Å². The molecule has 0 unspecified atom stereocenters.